The fourth-order valence-electron chi connectivity index (χ4n) is 1.89. The van der Waals surface area contributed by atoms with Gasteiger partial charge in [0.05, 0.1) is 10.7 Å². The van der Waals surface area contributed by atoms with Crippen molar-refractivity contribution in [1.82, 2.24) is 0 Å². The van der Waals surface area contributed by atoms with E-state index in [1.807, 2.05) is 0 Å². The first-order valence-electron chi connectivity index (χ1n) is 7.52. The Balaban J connectivity index is 1.83. The molecule has 1 N–H and O–H groups in total. The van der Waals surface area contributed by atoms with Crippen molar-refractivity contribution < 1.29 is 28.2 Å². The molecule has 8 heteroatoms. The molecule has 0 saturated carbocycles. The van der Waals surface area contributed by atoms with Crippen LogP contribution in [0, 0.1) is 5.82 Å². The maximum Gasteiger partial charge on any atom is 0.344 e. The summed E-state index contributed by atoms with van der Waals surface area (Å²) in [6, 6.07) is 9.63. The standard InChI is InChI=1S/C18H15ClFNO5/c1-11(18(24)21-16-7-4-13(20)8-15(16)19)26-17(23)10-25-14-5-2-12(9-22)3-6-14/h2-9,11H,10H2,1H3,(H,21,24)/t11-/m1/s1. The van der Waals surface area contributed by atoms with Crippen LogP contribution >= 0.6 is 11.6 Å². The molecule has 1 amide bonds. The zero-order valence-corrected chi connectivity index (χ0v) is 14.5. The number of ether oxygens (including phenoxy) is 2. The molecule has 0 aromatic heterocycles. The number of benzene rings is 2. The van der Waals surface area contributed by atoms with E-state index < -0.39 is 30.4 Å². The van der Waals surface area contributed by atoms with Crippen molar-refractivity contribution in [3.05, 3.63) is 58.9 Å². The molecule has 1 atom stereocenters. The number of carbonyl (C=O) groups excluding carboxylic acids is 3. The van der Waals surface area contributed by atoms with Crippen LogP contribution in [0.1, 0.15) is 17.3 Å². The number of nitrogens with one attached hydrogen (secondary N) is 1. The van der Waals surface area contributed by atoms with Crippen molar-refractivity contribution in [3.8, 4) is 5.75 Å². The molecule has 0 fully saturated rings. The van der Waals surface area contributed by atoms with Crippen molar-refractivity contribution in [2.45, 2.75) is 13.0 Å². The minimum atomic E-state index is -1.11. The van der Waals surface area contributed by atoms with E-state index in [0.29, 0.717) is 17.6 Å². The van der Waals surface area contributed by atoms with Gasteiger partial charge in [-0.25, -0.2) is 9.18 Å². The molecule has 2 rings (SSSR count). The van der Waals surface area contributed by atoms with Gasteiger partial charge in [-0.05, 0) is 49.4 Å². The third kappa shape index (κ3) is 5.56. The molecule has 0 aliphatic carbocycles. The van der Waals surface area contributed by atoms with E-state index in [1.54, 1.807) is 0 Å². The molecular weight excluding hydrogens is 365 g/mol. The normalized spacial score (nSPS) is 11.3. The zero-order valence-electron chi connectivity index (χ0n) is 13.7. The first kappa shape index (κ1) is 19.4. The molecule has 6 nitrogen and oxygen atoms in total. The molecule has 0 aliphatic heterocycles. The highest BCUT2D eigenvalue weighted by Crippen LogP contribution is 2.22. The Morgan fingerprint density at radius 3 is 2.54 bits per heavy atom. The molecule has 0 aliphatic rings. The molecule has 0 heterocycles. The maximum absolute atomic E-state index is 13.0. The highest BCUT2D eigenvalue weighted by Gasteiger charge is 2.19. The van der Waals surface area contributed by atoms with E-state index in [4.69, 9.17) is 21.1 Å². The third-order valence-corrected chi connectivity index (χ3v) is 3.55. The van der Waals surface area contributed by atoms with Gasteiger partial charge < -0.3 is 14.8 Å². The number of rotatable bonds is 7. The van der Waals surface area contributed by atoms with Crippen LogP contribution in [-0.2, 0) is 14.3 Å². The van der Waals surface area contributed by atoms with Crippen LogP contribution < -0.4 is 10.1 Å². The Bertz CT molecular complexity index is 810. The zero-order chi connectivity index (χ0) is 19.1. The average molecular weight is 380 g/mol. The van der Waals surface area contributed by atoms with E-state index >= 15 is 0 Å². The van der Waals surface area contributed by atoms with E-state index in [0.717, 1.165) is 12.1 Å². The summed E-state index contributed by atoms with van der Waals surface area (Å²) in [5.74, 6) is -1.53. The van der Waals surface area contributed by atoms with E-state index in [2.05, 4.69) is 5.32 Å². The second-order valence-corrected chi connectivity index (χ2v) is 5.63. The number of esters is 1. The Kier molecular flexibility index (Phi) is 6.68. The van der Waals surface area contributed by atoms with Crippen LogP contribution in [0.25, 0.3) is 0 Å². The summed E-state index contributed by atoms with van der Waals surface area (Å²) in [5, 5.41) is 2.47. The van der Waals surface area contributed by atoms with E-state index in [1.165, 1.54) is 37.3 Å². The summed E-state index contributed by atoms with van der Waals surface area (Å²) in [6.07, 6.45) is -0.421. The summed E-state index contributed by atoms with van der Waals surface area (Å²) in [7, 11) is 0. The van der Waals surface area contributed by atoms with Gasteiger partial charge in [0, 0.05) is 5.56 Å². The van der Waals surface area contributed by atoms with Crippen molar-refractivity contribution in [3.63, 3.8) is 0 Å². The summed E-state index contributed by atoms with van der Waals surface area (Å²) < 4.78 is 23.2. The molecule has 136 valence electrons. The first-order chi connectivity index (χ1) is 12.4. The lowest BCUT2D eigenvalue weighted by atomic mass is 10.2. The number of anilines is 1. The van der Waals surface area contributed by atoms with Gasteiger partial charge in [0.2, 0.25) is 0 Å². The number of halogens is 2. The highest BCUT2D eigenvalue weighted by molar-refractivity contribution is 6.33. The summed E-state index contributed by atoms with van der Waals surface area (Å²) in [6.45, 7) is 0.971. The van der Waals surface area contributed by atoms with Crippen molar-refractivity contribution in [2.75, 3.05) is 11.9 Å². The van der Waals surface area contributed by atoms with Gasteiger partial charge in [0.1, 0.15) is 17.9 Å². The molecular formula is C18H15ClFNO5. The van der Waals surface area contributed by atoms with Crippen molar-refractivity contribution in [1.29, 1.82) is 0 Å². The molecule has 26 heavy (non-hydrogen) atoms. The Morgan fingerprint density at radius 2 is 1.92 bits per heavy atom. The summed E-state index contributed by atoms with van der Waals surface area (Å²) in [4.78, 5) is 34.3. The monoisotopic (exact) mass is 379 g/mol. The topological polar surface area (TPSA) is 81.7 Å². The van der Waals surface area contributed by atoms with Crippen LogP contribution in [0.3, 0.4) is 0 Å². The van der Waals surface area contributed by atoms with Gasteiger partial charge in [-0.3, -0.25) is 9.59 Å². The summed E-state index contributed by atoms with van der Waals surface area (Å²) >= 11 is 5.82. The van der Waals surface area contributed by atoms with Crippen LogP contribution in [0.2, 0.25) is 5.02 Å². The molecule has 0 radical (unpaired) electrons. The average Bonchev–Trinajstić information content (AvgIpc) is 2.62. The second kappa shape index (κ2) is 8.96. The smallest absolute Gasteiger partial charge is 0.344 e. The van der Waals surface area contributed by atoms with Gasteiger partial charge in [0.25, 0.3) is 5.91 Å². The maximum atomic E-state index is 13.0. The van der Waals surface area contributed by atoms with Crippen LogP contribution in [0.15, 0.2) is 42.5 Å². The first-order valence-corrected chi connectivity index (χ1v) is 7.90. The number of hydrogen-bond acceptors (Lipinski definition) is 5. The number of carbonyl (C=O) groups is 3. The molecule has 2 aromatic carbocycles. The second-order valence-electron chi connectivity index (χ2n) is 5.22. The molecule has 0 saturated heterocycles. The molecule has 0 bridgehead atoms. The minimum Gasteiger partial charge on any atom is -0.482 e. The Labute approximate surface area is 153 Å². The highest BCUT2D eigenvalue weighted by atomic mass is 35.5. The van der Waals surface area contributed by atoms with Crippen LogP contribution in [0.4, 0.5) is 10.1 Å². The lowest BCUT2D eigenvalue weighted by Gasteiger charge is -2.14. The van der Waals surface area contributed by atoms with Gasteiger partial charge in [-0.15, -0.1) is 0 Å². The largest absolute Gasteiger partial charge is 0.482 e. The third-order valence-electron chi connectivity index (χ3n) is 3.24. The van der Waals surface area contributed by atoms with Crippen LogP contribution in [-0.4, -0.2) is 30.9 Å². The SMILES string of the molecule is C[C@@H](OC(=O)COc1ccc(C=O)cc1)C(=O)Nc1ccc(F)cc1Cl. The predicted molar refractivity (Wildman–Crippen MR) is 92.9 cm³/mol. The molecule has 0 unspecified atom stereocenters. The Morgan fingerprint density at radius 1 is 1.23 bits per heavy atom. The van der Waals surface area contributed by atoms with Crippen molar-refractivity contribution in [2.24, 2.45) is 0 Å². The van der Waals surface area contributed by atoms with E-state index in [9.17, 15) is 18.8 Å². The Hall–Kier alpha value is -2.93. The van der Waals surface area contributed by atoms with Crippen molar-refractivity contribution >= 4 is 35.5 Å². The molecule has 0 spiro atoms. The quantitative estimate of drug-likeness (QED) is 0.590. The number of hydrogen-bond donors (Lipinski definition) is 1. The van der Waals surface area contributed by atoms with E-state index in [-0.39, 0.29) is 10.7 Å². The predicted octanol–water partition coefficient (Wildman–Crippen LogP) is 3.24. The number of amides is 1. The fourth-order valence-corrected chi connectivity index (χ4v) is 2.11. The van der Waals surface area contributed by atoms with Gasteiger partial charge in [-0.2, -0.15) is 0 Å². The lowest BCUT2D eigenvalue weighted by Crippen LogP contribution is -2.31. The van der Waals surface area contributed by atoms with Crippen LogP contribution in [0.5, 0.6) is 5.75 Å². The van der Waals surface area contributed by atoms with Gasteiger partial charge >= 0.3 is 5.97 Å². The number of aldehydes is 1. The molecule has 2 aromatic rings. The van der Waals surface area contributed by atoms with Gasteiger partial charge in [-0.1, -0.05) is 11.6 Å². The fraction of sp³-hybridized carbons (Fsp3) is 0.167. The minimum absolute atomic E-state index is 0.0268. The summed E-state index contributed by atoms with van der Waals surface area (Å²) in [5.41, 5.74) is 0.678. The lowest BCUT2D eigenvalue weighted by molar-refractivity contribution is -0.155. The van der Waals surface area contributed by atoms with Gasteiger partial charge in [0.15, 0.2) is 12.7 Å².